The molecule has 2 heteroatoms. The lowest BCUT2D eigenvalue weighted by molar-refractivity contribution is -0.122. The first-order valence-electron chi connectivity index (χ1n) is 4.45. The van der Waals surface area contributed by atoms with Gasteiger partial charge in [0.15, 0.2) is 0 Å². The first-order valence-corrected chi connectivity index (χ1v) is 4.45. The Bertz CT molecular complexity index is 112. The second-order valence-corrected chi connectivity index (χ2v) is 3.02. The van der Waals surface area contributed by atoms with E-state index < -0.39 is 0 Å². The van der Waals surface area contributed by atoms with Crippen LogP contribution in [0.1, 0.15) is 39.5 Å². The van der Waals surface area contributed by atoms with Gasteiger partial charge in [0, 0.05) is 12.3 Å². The van der Waals surface area contributed by atoms with Crippen LogP contribution in [0, 0.1) is 5.92 Å². The number of nitrogens with two attached hydrogens (primary N) is 1. The van der Waals surface area contributed by atoms with Crippen LogP contribution in [0.3, 0.4) is 0 Å². The van der Waals surface area contributed by atoms with Gasteiger partial charge in [-0.15, -0.1) is 0 Å². The van der Waals surface area contributed by atoms with Crippen LogP contribution >= 0.6 is 0 Å². The van der Waals surface area contributed by atoms with Gasteiger partial charge in [-0.25, -0.2) is 0 Å². The van der Waals surface area contributed by atoms with Gasteiger partial charge in [0.25, 0.3) is 0 Å². The van der Waals surface area contributed by atoms with E-state index >= 15 is 0 Å². The summed E-state index contributed by atoms with van der Waals surface area (Å²) in [6.07, 6.45) is 3.61. The zero-order chi connectivity index (χ0) is 8.69. The third-order valence-corrected chi connectivity index (χ3v) is 2.04. The summed E-state index contributed by atoms with van der Waals surface area (Å²) in [7, 11) is 0. The molecule has 2 nitrogen and oxygen atoms in total. The number of carbonyl (C=O) groups excluding carboxylic acids is 1. The molecule has 11 heavy (non-hydrogen) atoms. The number of carbonyl (C=O) groups is 1. The van der Waals surface area contributed by atoms with Gasteiger partial charge in [-0.3, -0.25) is 4.79 Å². The Kier molecular flexibility index (Phi) is 6.13. The summed E-state index contributed by atoms with van der Waals surface area (Å²) in [5.74, 6) is 0.633. The maximum atomic E-state index is 11.2. The summed E-state index contributed by atoms with van der Waals surface area (Å²) in [6, 6.07) is 0. The molecule has 66 valence electrons. The minimum absolute atomic E-state index is 0.243. The maximum Gasteiger partial charge on any atom is 0.135 e. The Morgan fingerprint density at radius 3 is 2.55 bits per heavy atom. The fraction of sp³-hybridized carbons (Fsp3) is 0.889. The minimum atomic E-state index is 0.243. The molecule has 1 atom stereocenters. The van der Waals surface area contributed by atoms with Gasteiger partial charge in [-0.05, 0) is 25.8 Å². The molecule has 0 aliphatic carbocycles. The molecule has 0 amide bonds. The molecule has 0 rings (SSSR count). The molecule has 0 spiro atoms. The van der Waals surface area contributed by atoms with Crippen LogP contribution < -0.4 is 5.73 Å². The van der Waals surface area contributed by atoms with E-state index in [4.69, 9.17) is 5.73 Å². The van der Waals surface area contributed by atoms with Crippen LogP contribution in [0.15, 0.2) is 0 Å². The van der Waals surface area contributed by atoms with Crippen LogP contribution in [0.2, 0.25) is 0 Å². The lowest BCUT2D eigenvalue weighted by Crippen LogP contribution is -2.10. The zero-order valence-electron chi connectivity index (χ0n) is 7.60. The van der Waals surface area contributed by atoms with Crippen LogP contribution in [0.4, 0.5) is 0 Å². The van der Waals surface area contributed by atoms with Crippen molar-refractivity contribution in [2.75, 3.05) is 6.54 Å². The van der Waals surface area contributed by atoms with Gasteiger partial charge in [0.1, 0.15) is 5.78 Å². The maximum absolute atomic E-state index is 11.2. The smallest absolute Gasteiger partial charge is 0.135 e. The lowest BCUT2D eigenvalue weighted by atomic mass is 9.99. The van der Waals surface area contributed by atoms with Crippen LogP contribution in [0.25, 0.3) is 0 Å². The van der Waals surface area contributed by atoms with Gasteiger partial charge >= 0.3 is 0 Å². The molecule has 0 aromatic carbocycles. The average molecular weight is 157 g/mol. The number of hydrogen-bond donors (Lipinski definition) is 1. The van der Waals surface area contributed by atoms with Gasteiger partial charge in [-0.2, -0.15) is 0 Å². The first kappa shape index (κ1) is 10.6. The third-order valence-electron chi connectivity index (χ3n) is 2.04. The van der Waals surface area contributed by atoms with Crippen LogP contribution in [-0.4, -0.2) is 12.3 Å². The highest BCUT2D eigenvalue weighted by Gasteiger charge is 2.08. The van der Waals surface area contributed by atoms with Gasteiger partial charge in [0.2, 0.25) is 0 Å². The predicted octanol–water partition coefficient (Wildman–Crippen LogP) is 1.73. The lowest BCUT2D eigenvalue weighted by Gasteiger charge is -2.05. The Balaban J connectivity index is 3.36. The third kappa shape index (κ3) is 4.96. The fourth-order valence-electron chi connectivity index (χ4n) is 0.918. The van der Waals surface area contributed by atoms with E-state index in [0.717, 1.165) is 19.3 Å². The first-order chi connectivity index (χ1) is 5.22. The highest BCUT2D eigenvalue weighted by Crippen LogP contribution is 2.07. The Labute approximate surface area is 69.2 Å². The van der Waals surface area contributed by atoms with E-state index in [9.17, 15) is 4.79 Å². The molecule has 0 heterocycles. The number of hydrogen-bond acceptors (Lipinski definition) is 2. The minimum Gasteiger partial charge on any atom is -0.330 e. The Morgan fingerprint density at radius 2 is 2.09 bits per heavy atom. The molecule has 0 saturated carbocycles. The zero-order valence-corrected chi connectivity index (χ0v) is 7.60. The van der Waals surface area contributed by atoms with E-state index in [0.29, 0.717) is 18.7 Å². The molecule has 1 unspecified atom stereocenters. The van der Waals surface area contributed by atoms with Crippen LogP contribution in [-0.2, 0) is 4.79 Å². The second kappa shape index (κ2) is 6.35. The molecule has 0 bridgehead atoms. The quantitative estimate of drug-likeness (QED) is 0.597. The van der Waals surface area contributed by atoms with Crippen molar-refractivity contribution in [3.05, 3.63) is 0 Å². The topological polar surface area (TPSA) is 43.1 Å². The summed E-state index contributed by atoms with van der Waals surface area (Å²) in [5.41, 5.74) is 5.31. The molecular weight excluding hydrogens is 138 g/mol. The van der Waals surface area contributed by atoms with Crippen molar-refractivity contribution in [3.8, 4) is 0 Å². The largest absolute Gasteiger partial charge is 0.330 e. The van der Waals surface area contributed by atoms with E-state index in [-0.39, 0.29) is 5.92 Å². The number of Topliss-reactive ketones (excluding diaryl/α,β-unsaturated/α-hetero) is 1. The second-order valence-electron chi connectivity index (χ2n) is 3.02. The highest BCUT2D eigenvalue weighted by molar-refractivity contribution is 5.80. The normalized spacial score (nSPS) is 13.0. The van der Waals surface area contributed by atoms with Crippen molar-refractivity contribution in [1.82, 2.24) is 0 Å². The molecular formula is C9H19NO. The highest BCUT2D eigenvalue weighted by atomic mass is 16.1. The molecule has 0 saturated heterocycles. The molecule has 0 aliphatic rings. The van der Waals surface area contributed by atoms with Gasteiger partial charge < -0.3 is 5.73 Å². The monoisotopic (exact) mass is 157 g/mol. The van der Waals surface area contributed by atoms with E-state index in [1.54, 1.807) is 0 Å². The van der Waals surface area contributed by atoms with Crippen molar-refractivity contribution in [3.63, 3.8) is 0 Å². The molecule has 0 fully saturated rings. The van der Waals surface area contributed by atoms with E-state index in [2.05, 4.69) is 0 Å². The molecule has 0 aromatic heterocycles. The Hall–Kier alpha value is -0.370. The number of ketones is 1. The summed E-state index contributed by atoms with van der Waals surface area (Å²) in [5, 5.41) is 0. The van der Waals surface area contributed by atoms with Gasteiger partial charge in [-0.1, -0.05) is 13.8 Å². The average Bonchev–Trinajstić information content (AvgIpc) is 2.03. The van der Waals surface area contributed by atoms with Crippen molar-refractivity contribution in [1.29, 1.82) is 0 Å². The van der Waals surface area contributed by atoms with Crippen molar-refractivity contribution < 1.29 is 4.79 Å². The van der Waals surface area contributed by atoms with E-state index in [1.807, 2.05) is 13.8 Å². The van der Waals surface area contributed by atoms with E-state index in [1.165, 1.54) is 0 Å². The standard InChI is InChI=1S/C9H19NO/c1-3-8(2)9(11)6-4-5-7-10/h8H,3-7,10H2,1-2H3. The molecule has 0 aliphatic heterocycles. The van der Waals surface area contributed by atoms with Gasteiger partial charge in [0.05, 0.1) is 0 Å². The Morgan fingerprint density at radius 1 is 1.45 bits per heavy atom. The van der Waals surface area contributed by atoms with Crippen molar-refractivity contribution in [2.24, 2.45) is 11.7 Å². The fourth-order valence-corrected chi connectivity index (χ4v) is 0.918. The number of rotatable bonds is 6. The predicted molar refractivity (Wildman–Crippen MR) is 47.4 cm³/mol. The van der Waals surface area contributed by atoms with Crippen molar-refractivity contribution in [2.45, 2.75) is 39.5 Å². The summed E-state index contributed by atoms with van der Waals surface area (Å²) in [4.78, 5) is 11.2. The summed E-state index contributed by atoms with van der Waals surface area (Å²) < 4.78 is 0. The SMILES string of the molecule is CCC(C)C(=O)CCCCN. The molecule has 2 N–H and O–H groups in total. The molecule has 0 radical (unpaired) electrons. The number of unbranched alkanes of at least 4 members (excludes halogenated alkanes) is 1. The van der Waals surface area contributed by atoms with Crippen molar-refractivity contribution >= 4 is 5.78 Å². The molecule has 0 aromatic rings. The summed E-state index contributed by atoms with van der Waals surface area (Å²) >= 11 is 0. The summed E-state index contributed by atoms with van der Waals surface area (Å²) in [6.45, 7) is 4.74. The van der Waals surface area contributed by atoms with Crippen LogP contribution in [0.5, 0.6) is 0 Å².